The monoisotopic (exact) mass is 227 g/mol. The molecule has 0 aromatic carbocycles. The van der Waals surface area contributed by atoms with Gasteiger partial charge in [0.2, 0.25) is 0 Å². The van der Waals surface area contributed by atoms with Crippen molar-refractivity contribution in [1.29, 1.82) is 0 Å². The highest BCUT2D eigenvalue weighted by Gasteiger charge is 2.21. The SMILES string of the molecule is c1c[nH]c([SiH](c2ccc[nH]2)c2ccc[nH]2)c1. The van der Waals surface area contributed by atoms with Gasteiger partial charge in [0.1, 0.15) is 0 Å². The van der Waals surface area contributed by atoms with Gasteiger partial charge in [-0.05, 0) is 36.4 Å². The Kier molecular flexibility index (Phi) is 2.27. The fraction of sp³-hybridized carbons (Fsp3) is 0. The highest BCUT2D eigenvalue weighted by molar-refractivity contribution is 6.94. The zero-order valence-corrected chi connectivity index (χ0v) is 9.93. The summed E-state index contributed by atoms with van der Waals surface area (Å²) in [7, 11) is -1.33. The lowest BCUT2D eigenvalue weighted by Gasteiger charge is -2.10. The standard InChI is InChI=1S/C12H13N3Si/c1-4-10(13-7-1)16(11-5-2-8-14-11)12-6-3-9-15-12/h1-9,13-16H. The molecule has 0 spiro atoms. The van der Waals surface area contributed by atoms with E-state index in [2.05, 4.69) is 51.4 Å². The van der Waals surface area contributed by atoms with Gasteiger partial charge in [-0.25, -0.2) is 0 Å². The normalized spacial score (nSPS) is 11.1. The first-order valence-electron chi connectivity index (χ1n) is 5.35. The molecule has 0 radical (unpaired) electrons. The zero-order chi connectivity index (χ0) is 10.8. The van der Waals surface area contributed by atoms with Crippen LogP contribution in [0, 0.1) is 0 Å². The smallest absolute Gasteiger partial charge is 0.192 e. The number of hydrogen-bond acceptors (Lipinski definition) is 0. The molecule has 0 fully saturated rings. The summed E-state index contributed by atoms with van der Waals surface area (Å²) in [5.74, 6) is 0. The average Bonchev–Trinajstić information content (AvgIpc) is 3.02. The van der Waals surface area contributed by atoms with Crippen molar-refractivity contribution in [3.63, 3.8) is 0 Å². The van der Waals surface area contributed by atoms with E-state index in [0.717, 1.165) is 0 Å². The molecular formula is C12H13N3Si. The number of aromatic amines is 3. The molecule has 0 saturated carbocycles. The molecule has 3 aromatic rings. The second-order valence-corrected chi connectivity index (χ2v) is 6.54. The Morgan fingerprint density at radius 1 is 0.625 bits per heavy atom. The first-order valence-corrected chi connectivity index (χ1v) is 7.08. The second kappa shape index (κ2) is 3.90. The Bertz CT molecular complexity index is 441. The summed E-state index contributed by atoms with van der Waals surface area (Å²) in [5.41, 5.74) is 0. The summed E-state index contributed by atoms with van der Waals surface area (Å²) >= 11 is 0. The Morgan fingerprint density at radius 2 is 1.00 bits per heavy atom. The lowest BCUT2D eigenvalue weighted by molar-refractivity contribution is 1.42. The van der Waals surface area contributed by atoms with Crippen molar-refractivity contribution < 1.29 is 0 Å². The minimum Gasteiger partial charge on any atom is -0.368 e. The molecule has 0 saturated heterocycles. The molecule has 3 heterocycles. The third-order valence-corrected chi connectivity index (χ3v) is 5.74. The first kappa shape index (κ1) is 9.29. The predicted molar refractivity (Wildman–Crippen MR) is 68.4 cm³/mol. The van der Waals surface area contributed by atoms with E-state index >= 15 is 0 Å². The molecule has 4 heteroatoms. The van der Waals surface area contributed by atoms with E-state index in [-0.39, 0.29) is 0 Å². The van der Waals surface area contributed by atoms with Crippen molar-refractivity contribution in [2.75, 3.05) is 0 Å². The Morgan fingerprint density at radius 3 is 1.25 bits per heavy atom. The summed E-state index contributed by atoms with van der Waals surface area (Å²) in [6.45, 7) is 0. The minimum absolute atomic E-state index is 1.32. The van der Waals surface area contributed by atoms with E-state index in [4.69, 9.17) is 0 Å². The molecule has 3 nitrogen and oxygen atoms in total. The molecule has 3 N–H and O–H groups in total. The number of H-pyrrole nitrogens is 3. The van der Waals surface area contributed by atoms with Crippen LogP contribution in [0.15, 0.2) is 55.0 Å². The maximum Gasteiger partial charge on any atom is 0.192 e. The zero-order valence-electron chi connectivity index (χ0n) is 8.77. The fourth-order valence-corrected chi connectivity index (χ4v) is 4.78. The van der Waals surface area contributed by atoms with Crippen molar-refractivity contribution in [3.8, 4) is 0 Å². The number of hydrogen-bond donors (Lipinski definition) is 3. The van der Waals surface area contributed by atoms with E-state index in [1.165, 1.54) is 16.0 Å². The topological polar surface area (TPSA) is 47.4 Å². The van der Waals surface area contributed by atoms with E-state index in [1.807, 2.05) is 18.6 Å². The van der Waals surface area contributed by atoms with Crippen LogP contribution in [-0.2, 0) is 0 Å². The van der Waals surface area contributed by atoms with Gasteiger partial charge in [-0.15, -0.1) is 0 Å². The van der Waals surface area contributed by atoms with Gasteiger partial charge >= 0.3 is 0 Å². The molecular weight excluding hydrogens is 214 g/mol. The van der Waals surface area contributed by atoms with Crippen molar-refractivity contribution in [2.45, 2.75) is 0 Å². The van der Waals surface area contributed by atoms with Crippen LogP contribution in [0.4, 0.5) is 0 Å². The quantitative estimate of drug-likeness (QED) is 0.524. The predicted octanol–water partition coefficient (Wildman–Crippen LogP) is -0.0806. The lowest BCUT2D eigenvalue weighted by atomic mass is 10.7. The highest BCUT2D eigenvalue weighted by Crippen LogP contribution is 1.90. The van der Waals surface area contributed by atoms with E-state index in [9.17, 15) is 0 Å². The lowest BCUT2D eigenvalue weighted by Crippen LogP contribution is -2.53. The molecule has 16 heavy (non-hydrogen) atoms. The number of aromatic nitrogens is 3. The summed E-state index contributed by atoms with van der Waals surface area (Å²) < 4.78 is 0. The average molecular weight is 227 g/mol. The third kappa shape index (κ3) is 1.53. The maximum atomic E-state index is 3.34. The Labute approximate surface area is 95.2 Å². The molecule has 3 aromatic heterocycles. The highest BCUT2D eigenvalue weighted by atomic mass is 28.3. The van der Waals surface area contributed by atoms with E-state index in [1.54, 1.807) is 0 Å². The van der Waals surface area contributed by atoms with Crippen molar-refractivity contribution >= 4 is 24.7 Å². The van der Waals surface area contributed by atoms with E-state index < -0.39 is 8.80 Å². The first-order chi connectivity index (χ1) is 7.95. The van der Waals surface area contributed by atoms with Crippen LogP contribution in [0.3, 0.4) is 0 Å². The molecule has 0 bridgehead atoms. The number of rotatable bonds is 3. The maximum absolute atomic E-state index is 3.34. The van der Waals surface area contributed by atoms with Crippen LogP contribution in [0.25, 0.3) is 0 Å². The molecule has 80 valence electrons. The van der Waals surface area contributed by atoms with Gasteiger partial charge in [0.15, 0.2) is 8.80 Å². The van der Waals surface area contributed by atoms with Crippen LogP contribution in [0.5, 0.6) is 0 Å². The molecule has 0 unspecified atom stereocenters. The summed E-state index contributed by atoms with van der Waals surface area (Å²) in [6, 6.07) is 12.7. The van der Waals surface area contributed by atoms with E-state index in [0.29, 0.717) is 0 Å². The molecule has 0 amide bonds. The van der Waals surface area contributed by atoms with Gasteiger partial charge in [0.05, 0.1) is 0 Å². The van der Waals surface area contributed by atoms with Crippen LogP contribution in [-0.4, -0.2) is 23.7 Å². The van der Waals surface area contributed by atoms with Gasteiger partial charge < -0.3 is 15.0 Å². The van der Waals surface area contributed by atoms with Crippen LogP contribution < -0.4 is 16.0 Å². The second-order valence-electron chi connectivity index (χ2n) is 3.81. The van der Waals surface area contributed by atoms with Gasteiger partial charge in [-0.1, -0.05) is 0 Å². The van der Waals surface area contributed by atoms with Crippen LogP contribution in [0.2, 0.25) is 0 Å². The van der Waals surface area contributed by atoms with Crippen molar-refractivity contribution in [2.24, 2.45) is 0 Å². The molecule has 0 aliphatic rings. The molecule has 0 aliphatic carbocycles. The van der Waals surface area contributed by atoms with Crippen molar-refractivity contribution in [1.82, 2.24) is 15.0 Å². The summed E-state index contributed by atoms with van der Waals surface area (Å²) in [4.78, 5) is 10.0. The fourth-order valence-electron chi connectivity index (χ4n) is 2.07. The molecule has 3 rings (SSSR count). The third-order valence-electron chi connectivity index (χ3n) is 2.80. The van der Waals surface area contributed by atoms with Gasteiger partial charge in [-0.2, -0.15) is 0 Å². The Hall–Kier alpha value is -1.94. The molecule has 0 atom stereocenters. The summed E-state index contributed by atoms with van der Waals surface area (Å²) in [5, 5.41) is 3.97. The van der Waals surface area contributed by atoms with Gasteiger partial charge in [0, 0.05) is 34.5 Å². The number of nitrogens with one attached hydrogen (secondary N) is 3. The van der Waals surface area contributed by atoms with Crippen molar-refractivity contribution in [3.05, 3.63) is 55.0 Å². The minimum atomic E-state index is -1.33. The van der Waals surface area contributed by atoms with Crippen LogP contribution >= 0.6 is 0 Å². The molecule has 0 aliphatic heterocycles. The summed E-state index contributed by atoms with van der Waals surface area (Å²) in [6.07, 6.45) is 5.96. The van der Waals surface area contributed by atoms with Gasteiger partial charge in [-0.3, -0.25) is 0 Å². The largest absolute Gasteiger partial charge is 0.368 e. The Balaban J connectivity index is 2.09. The van der Waals surface area contributed by atoms with Crippen LogP contribution in [0.1, 0.15) is 0 Å². The van der Waals surface area contributed by atoms with Gasteiger partial charge in [0.25, 0.3) is 0 Å².